The number of likely N-dealkylation sites (N-methyl/N-ethyl adjacent to an activating group) is 1. The molecular weight excluding hydrogens is 486 g/mol. The van der Waals surface area contributed by atoms with Crippen LogP contribution in [0, 0.1) is 4.91 Å². The lowest BCUT2D eigenvalue weighted by Gasteiger charge is -2.42. The van der Waals surface area contributed by atoms with Crippen molar-refractivity contribution in [3.05, 3.63) is 4.91 Å². The van der Waals surface area contributed by atoms with Gasteiger partial charge in [0.2, 0.25) is 5.54 Å². The largest absolute Gasteiger partial charge is 0.394 e. The summed E-state index contributed by atoms with van der Waals surface area (Å²) in [5.74, 6) is -0.395. The molecule has 13 atom stereocenters. The number of nitrogens with zero attached hydrogens (tertiary/aromatic N) is 2. The summed E-state index contributed by atoms with van der Waals surface area (Å²) in [6.07, 6.45) is -12.9. The van der Waals surface area contributed by atoms with Gasteiger partial charge in [0, 0.05) is 12.8 Å². The second kappa shape index (κ2) is 11.7. The van der Waals surface area contributed by atoms with Gasteiger partial charge in [0.25, 0.3) is 0 Å². The van der Waals surface area contributed by atoms with Crippen LogP contribution < -0.4 is 16.8 Å². The first-order chi connectivity index (χ1) is 17.0. The quantitative estimate of drug-likeness (QED) is 0.0614. The van der Waals surface area contributed by atoms with Crippen molar-refractivity contribution in [1.29, 1.82) is 0 Å². The molecule has 2 saturated heterocycles. The third-order valence-electron chi connectivity index (χ3n) is 6.95. The van der Waals surface area contributed by atoms with Gasteiger partial charge in [0.15, 0.2) is 24.8 Å². The molecule has 1 aliphatic carbocycles. The summed E-state index contributed by atoms with van der Waals surface area (Å²) in [4.78, 5) is 27.7. The Bertz CT molecular complexity index is 794. The van der Waals surface area contributed by atoms with E-state index in [2.05, 4.69) is 15.5 Å². The molecule has 16 nitrogen and oxygen atoms in total. The van der Waals surface area contributed by atoms with Crippen molar-refractivity contribution in [3.8, 4) is 0 Å². The molecule has 16 heteroatoms. The van der Waals surface area contributed by atoms with Crippen molar-refractivity contribution in [1.82, 2.24) is 5.32 Å². The van der Waals surface area contributed by atoms with Crippen molar-refractivity contribution >= 4 is 12.2 Å². The Kier molecular flexibility index (Phi) is 9.31. The van der Waals surface area contributed by atoms with E-state index in [0.717, 1.165) is 0 Å². The van der Waals surface area contributed by atoms with Gasteiger partial charge in [-0.1, -0.05) is 0 Å². The minimum atomic E-state index is -2.10. The minimum absolute atomic E-state index is 0.102. The molecule has 0 spiro atoms. The third kappa shape index (κ3) is 5.38. The Morgan fingerprint density at radius 3 is 2.36 bits per heavy atom. The number of rotatable bonds is 9. The van der Waals surface area contributed by atoms with Gasteiger partial charge in [-0.3, -0.25) is 0 Å². The average molecular weight is 522 g/mol. The number of guanidine groups is 1. The average Bonchev–Trinajstić information content (AvgIpc) is 3.09. The van der Waals surface area contributed by atoms with Gasteiger partial charge in [0.1, 0.15) is 24.4 Å². The highest BCUT2D eigenvalue weighted by Crippen LogP contribution is 2.39. The number of hydrogen-bond acceptors (Lipinski definition) is 14. The topological polar surface area (TPSA) is 261 Å². The number of nitroso groups, excluding NO2 is 1. The second-order valence-electron chi connectivity index (χ2n) is 9.23. The summed E-state index contributed by atoms with van der Waals surface area (Å²) >= 11 is 0. The van der Waals surface area contributed by atoms with Crippen LogP contribution in [0.5, 0.6) is 0 Å². The van der Waals surface area contributed by atoms with Gasteiger partial charge in [0.05, 0.1) is 43.2 Å². The molecule has 0 amide bonds. The highest BCUT2D eigenvalue weighted by atomic mass is 16.8. The molecule has 3 aliphatic rings. The fraction of sp³-hybridized carbons (Fsp3) is 0.900. The van der Waals surface area contributed by atoms with Crippen LogP contribution in [0.1, 0.15) is 19.8 Å². The molecule has 0 aromatic carbocycles. The van der Waals surface area contributed by atoms with Gasteiger partial charge >= 0.3 is 0 Å². The van der Waals surface area contributed by atoms with E-state index in [1.165, 1.54) is 14.0 Å². The van der Waals surface area contributed by atoms with Crippen molar-refractivity contribution in [2.45, 2.75) is 98.8 Å². The predicted molar refractivity (Wildman–Crippen MR) is 120 cm³/mol. The highest BCUT2D eigenvalue weighted by Gasteiger charge is 2.61. The van der Waals surface area contributed by atoms with Gasteiger partial charge < -0.3 is 66.1 Å². The molecule has 0 unspecified atom stereocenters. The Labute approximate surface area is 206 Å². The van der Waals surface area contributed by atoms with Crippen LogP contribution in [0.25, 0.3) is 0 Å². The van der Waals surface area contributed by atoms with Crippen LogP contribution in [0.15, 0.2) is 10.2 Å². The number of aliphatic imine (C=N–C) groups is 1. The maximum Gasteiger partial charge on any atom is 0.214 e. The van der Waals surface area contributed by atoms with E-state index in [9.17, 15) is 35.2 Å². The van der Waals surface area contributed by atoms with Crippen molar-refractivity contribution < 1.29 is 49.3 Å². The van der Waals surface area contributed by atoms with E-state index in [1.807, 2.05) is 0 Å². The normalized spacial score (nSPS) is 47.3. The van der Waals surface area contributed by atoms with E-state index in [1.54, 1.807) is 0 Å². The molecule has 10 N–H and O–H groups in total. The molecule has 0 aromatic heterocycles. The SMILES string of the molecule is CN[C@H]1[C@@H](O[C@@H]2[C@@H](O[C@@H]3C[C@H](O)[C@@H](N=C(N)N)[C@H](O)[C@H]3O)O[C@H](C)[C@]2(C=O)N=O)O[C@H](CO)C[C@@H]1O. The number of aliphatic hydroxyl groups excluding tert-OH is 5. The number of carbonyl (C=O) groups excluding carboxylic acids is 1. The standard InChI is InChI=1S/C20H35N5O11/c1-7-20(6-27,25-32)16(36-17-13(23-2)9(28)3-8(5-26)34-17)18(33-7)35-11-4-10(29)12(24-19(21)22)15(31)14(11)30/h6-18,23,26,28-31H,3-5H2,1-2H3,(H4,21,22,24)/t7-,8+,9+,10+,11-,12-,13-,14+,15+,16-,17-,18-,20+/m1/s1. The van der Waals surface area contributed by atoms with Crippen molar-refractivity contribution in [2.75, 3.05) is 13.7 Å². The van der Waals surface area contributed by atoms with E-state index < -0.39 is 91.6 Å². The minimum Gasteiger partial charge on any atom is -0.394 e. The fourth-order valence-electron chi connectivity index (χ4n) is 4.86. The first-order valence-corrected chi connectivity index (χ1v) is 11.5. The zero-order valence-corrected chi connectivity index (χ0v) is 19.9. The monoisotopic (exact) mass is 521 g/mol. The first-order valence-electron chi connectivity index (χ1n) is 11.5. The summed E-state index contributed by atoms with van der Waals surface area (Å²) < 4.78 is 23.1. The number of aliphatic hydroxyl groups is 5. The molecule has 0 bridgehead atoms. The number of ether oxygens (including phenoxy) is 4. The van der Waals surface area contributed by atoms with E-state index in [-0.39, 0.29) is 19.1 Å². The summed E-state index contributed by atoms with van der Waals surface area (Å²) in [6.45, 7) is 0.977. The number of nitrogens with one attached hydrogen (secondary N) is 1. The lowest BCUT2D eigenvalue weighted by molar-refractivity contribution is -0.292. The van der Waals surface area contributed by atoms with Crippen LogP contribution in [0.4, 0.5) is 0 Å². The zero-order valence-electron chi connectivity index (χ0n) is 19.9. The maximum atomic E-state index is 12.1. The Balaban J connectivity index is 1.86. The van der Waals surface area contributed by atoms with E-state index in [0.29, 0.717) is 0 Å². The Hall–Kier alpha value is -1.86. The molecule has 3 fully saturated rings. The molecule has 2 aliphatic heterocycles. The van der Waals surface area contributed by atoms with Crippen LogP contribution in [-0.4, -0.2) is 130 Å². The lowest BCUT2D eigenvalue weighted by atomic mass is 9.85. The van der Waals surface area contributed by atoms with Gasteiger partial charge in [-0.15, -0.1) is 4.91 Å². The highest BCUT2D eigenvalue weighted by molar-refractivity contribution is 5.76. The molecule has 3 rings (SSSR count). The summed E-state index contributed by atoms with van der Waals surface area (Å²) in [5.41, 5.74) is 8.56. The van der Waals surface area contributed by atoms with Gasteiger partial charge in [-0.25, -0.2) is 4.99 Å². The molecule has 206 valence electrons. The van der Waals surface area contributed by atoms with Crippen LogP contribution in [0.3, 0.4) is 0 Å². The zero-order chi connectivity index (χ0) is 26.8. The number of hydrogen-bond donors (Lipinski definition) is 8. The first kappa shape index (κ1) is 28.7. The fourth-order valence-corrected chi connectivity index (χ4v) is 4.86. The molecule has 0 aromatic rings. The predicted octanol–water partition coefficient (Wildman–Crippen LogP) is -4.61. The summed E-state index contributed by atoms with van der Waals surface area (Å²) in [7, 11) is 1.54. The number of nitrogens with two attached hydrogens (primary N) is 2. The molecule has 1 saturated carbocycles. The van der Waals surface area contributed by atoms with Gasteiger partial charge in [-0.2, -0.15) is 0 Å². The molecule has 2 heterocycles. The van der Waals surface area contributed by atoms with E-state index >= 15 is 0 Å². The molecular formula is C20H35N5O11. The lowest BCUT2D eigenvalue weighted by Crippen LogP contribution is -2.61. The third-order valence-corrected chi connectivity index (χ3v) is 6.95. The Morgan fingerprint density at radius 1 is 1.11 bits per heavy atom. The van der Waals surface area contributed by atoms with Crippen LogP contribution >= 0.6 is 0 Å². The number of aldehydes is 1. The maximum absolute atomic E-state index is 12.1. The molecule has 0 radical (unpaired) electrons. The number of carbonyl (C=O) groups is 1. The van der Waals surface area contributed by atoms with Gasteiger partial charge in [-0.05, 0) is 19.1 Å². The van der Waals surface area contributed by atoms with Crippen molar-refractivity contribution in [2.24, 2.45) is 21.6 Å². The van der Waals surface area contributed by atoms with Crippen molar-refractivity contribution in [3.63, 3.8) is 0 Å². The Morgan fingerprint density at radius 2 is 1.81 bits per heavy atom. The summed E-state index contributed by atoms with van der Waals surface area (Å²) in [6, 6.07) is -2.03. The summed E-state index contributed by atoms with van der Waals surface area (Å²) in [5, 5.41) is 57.3. The van der Waals surface area contributed by atoms with Crippen LogP contribution in [0.2, 0.25) is 0 Å². The van der Waals surface area contributed by atoms with E-state index in [4.69, 9.17) is 30.4 Å². The molecule has 36 heavy (non-hydrogen) atoms. The van der Waals surface area contributed by atoms with Crippen LogP contribution in [-0.2, 0) is 23.7 Å². The smallest absolute Gasteiger partial charge is 0.214 e. The second-order valence-corrected chi connectivity index (χ2v) is 9.23.